The molecule has 22 heavy (non-hydrogen) atoms. The molecule has 0 saturated carbocycles. The standard InChI is InChI=1S/C16H16Cl2N2O2/c17-9-15(21)19-16(22)20-7-1-2-13-12-5-4-11(18)8-10(12)3-6-14(13)20/h4-5,8H,1-3,6-7,9H2,(H,19,21,22). The van der Waals surface area contributed by atoms with Crippen LogP contribution in [-0.4, -0.2) is 29.3 Å². The van der Waals surface area contributed by atoms with Crippen molar-refractivity contribution < 1.29 is 9.59 Å². The smallest absolute Gasteiger partial charge is 0.298 e. The second-order valence-corrected chi connectivity index (χ2v) is 6.17. The lowest BCUT2D eigenvalue weighted by Crippen LogP contribution is -2.45. The fourth-order valence-electron chi connectivity index (χ4n) is 3.19. The quantitative estimate of drug-likeness (QED) is 0.796. The molecule has 1 aromatic carbocycles. The van der Waals surface area contributed by atoms with E-state index in [1.54, 1.807) is 4.90 Å². The number of aryl methyl sites for hydroxylation is 1. The number of allylic oxidation sites excluding steroid dienone is 2. The molecule has 0 fully saturated rings. The molecule has 0 spiro atoms. The number of nitrogens with one attached hydrogen (secondary N) is 1. The van der Waals surface area contributed by atoms with E-state index in [2.05, 4.69) is 5.32 Å². The number of hydrogen-bond donors (Lipinski definition) is 1. The van der Waals surface area contributed by atoms with Gasteiger partial charge in [-0.25, -0.2) is 4.79 Å². The van der Waals surface area contributed by atoms with E-state index in [0.717, 1.165) is 36.4 Å². The Balaban J connectivity index is 1.93. The maximum Gasteiger partial charge on any atom is 0.328 e. The van der Waals surface area contributed by atoms with Gasteiger partial charge < -0.3 is 0 Å². The number of benzene rings is 1. The first kappa shape index (κ1) is 15.4. The van der Waals surface area contributed by atoms with Crippen LogP contribution in [0.3, 0.4) is 0 Å². The van der Waals surface area contributed by atoms with Crippen molar-refractivity contribution in [3.63, 3.8) is 0 Å². The van der Waals surface area contributed by atoms with Gasteiger partial charge in [0.2, 0.25) is 5.91 Å². The Kier molecular flexibility index (Phi) is 4.41. The zero-order valence-corrected chi connectivity index (χ0v) is 13.5. The lowest BCUT2D eigenvalue weighted by atomic mass is 9.84. The number of hydrogen-bond acceptors (Lipinski definition) is 2. The van der Waals surface area contributed by atoms with Crippen molar-refractivity contribution in [3.05, 3.63) is 40.0 Å². The highest BCUT2D eigenvalue weighted by atomic mass is 35.5. The number of urea groups is 1. The maximum atomic E-state index is 12.3. The molecule has 4 nitrogen and oxygen atoms in total. The van der Waals surface area contributed by atoms with E-state index < -0.39 is 5.91 Å². The molecule has 0 unspecified atom stereocenters. The zero-order valence-electron chi connectivity index (χ0n) is 12.0. The van der Waals surface area contributed by atoms with Gasteiger partial charge >= 0.3 is 6.03 Å². The zero-order chi connectivity index (χ0) is 15.7. The molecule has 1 aromatic rings. The second-order valence-electron chi connectivity index (χ2n) is 5.47. The summed E-state index contributed by atoms with van der Waals surface area (Å²) in [7, 11) is 0. The number of halogens is 2. The molecule has 0 radical (unpaired) electrons. The molecule has 0 bridgehead atoms. The Morgan fingerprint density at radius 2 is 2.05 bits per heavy atom. The van der Waals surface area contributed by atoms with Crippen LogP contribution < -0.4 is 5.32 Å². The van der Waals surface area contributed by atoms with Crippen molar-refractivity contribution in [2.75, 3.05) is 12.4 Å². The molecule has 3 amide bonds. The average molecular weight is 339 g/mol. The minimum Gasteiger partial charge on any atom is -0.298 e. The monoisotopic (exact) mass is 338 g/mol. The first-order valence-corrected chi connectivity index (χ1v) is 8.19. The van der Waals surface area contributed by atoms with E-state index in [1.807, 2.05) is 18.2 Å². The topological polar surface area (TPSA) is 49.4 Å². The summed E-state index contributed by atoms with van der Waals surface area (Å²) in [5.74, 6) is -0.685. The number of alkyl halides is 1. The summed E-state index contributed by atoms with van der Waals surface area (Å²) in [6.07, 6.45) is 3.45. The van der Waals surface area contributed by atoms with Crippen LogP contribution >= 0.6 is 23.2 Å². The molecular formula is C16H16Cl2N2O2. The highest BCUT2D eigenvalue weighted by Crippen LogP contribution is 2.39. The lowest BCUT2D eigenvalue weighted by Gasteiger charge is -2.35. The van der Waals surface area contributed by atoms with E-state index in [4.69, 9.17) is 23.2 Å². The van der Waals surface area contributed by atoms with Gasteiger partial charge in [0.05, 0.1) is 0 Å². The molecule has 0 atom stereocenters. The van der Waals surface area contributed by atoms with Crippen LogP contribution in [0.4, 0.5) is 4.79 Å². The van der Waals surface area contributed by atoms with Crippen LogP contribution in [0, 0.1) is 0 Å². The minimum atomic E-state index is -0.470. The summed E-state index contributed by atoms with van der Waals surface area (Å²) in [4.78, 5) is 25.3. The summed E-state index contributed by atoms with van der Waals surface area (Å²) in [6, 6.07) is 5.52. The highest BCUT2D eigenvalue weighted by molar-refractivity contribution is 6.30. The third-order valence-corrected chi connectivity index (χ3v) is 4.60. The molecule has 1 aliphatic carbocycles. The van der Waals surface area contributed by atoms with Crippen LogP contribution in [-0.2, 0) is 11.2 Å². The van der Waals surface area contributed by atoms with Gasteiger partial charge in [-0.05, 0) is 54.5 Å². The van der Waals surface area contributed by atoms with E-state index in [0.29, 0.717) is 6.54 Å². The number of fused-ring (bicyclic) bond motifs is 2. The summed E-state index contributed by atoms with van der Waals surface area (Å²) in [5.41, 5.74) is 4.61. The fourth-order valence-corrected chi connectivity index (χ4v) is 3.45. The van der Waals surface area contributed by atoms with Gasteiger partial charge in [-0.1, -0.05) is 17.7 Å². The van der Waals surface area contributed by atoms with Gasteiger partial charge in [0, 0.05) is 17.3 Å². The van der Waals surface area contributed by atoms with Crippen molar-refractivity contribution in [2.24, 2.45) is 0 Å². The number of carbonyl (C=O) groups excluding carboxylic acids is 2. The van der Waals surface area contributed by atoms with E-state index >= 15 is 0 Å². The number of rotatable bonds is 1. The predicted octanol–water partition coefficient (Wildman–Crippen LogP) is 3.57. The number of nitrogens with zero attached hydrogens (tertiary/aromatic N) is 1. The number of carbonyl (C=O) groups is 2. The minimum absolute atomic E-state index is 0.215. The summed E-state index contributed by atoms with van der Waals surface area (Å²) in [6.45, 7) is 0.628. The Hall–Kier alpha value is -1.52. The van der Waals surface area contributed by atoms with Crippen molar-refractivity contribution >= 4 is 40.7 Å². The van der Waals surface area contributed by atoms with Gasteiger partial charge in [0.1, 0.15) is 5.88 Å². The van der Waals surface area contributed by atoms with Gasteiger partial charge in [-0.15, -0.1) is 11.6 Å². The molecule has 6 heteroatoms. The molecule has 3 rings (SSSR count). The molecule has 0 saturated heterocycles. The highest BCUT2D eigenvalue weighted by Gasteiger charge is 2.30. The van der Waals surface area contributed by atoms with E-state index in [-0.39, 0.29) is 11.9 Å². The van der Waals surface area contributed by atoms with Crippen LogP contribution in [0.1, 0.15) is 30.4 Å². The van der Waals surface area contributed by atoms with Gasteiger partial charge in [-0.2, -0.15) is 0 Å². The van der Waals surface area contributed by atoms with Crippen molar-refractivity contribution in [1.82, 2.24) is 10.2 Å². The fraction of sp³-hybridized carbons (Fsp3) is 0.375. The van der Waals surface area contributed by atoms with Gasteiger partial charge in [0.15, 0.2) is 0 Å². The molecule has 116 valence electrons. The molecule has 0 aromatic heterocycles. The molecule has 1 heterocycles. The Labute approximate surface area is 139 Å². The molecule has 1 N–H and O–H groups in total. The van der Waals surface area contributed by atoms with Crippen LogP contribution in [0.15, 0.2) is 23.9 Å². The second kappa shape index (κ2) is 6.31. The largest absolute Gasteiger partial charge is 0.328 e. The first-order valence-electron chi connectivity index (χ1n) is 7.28. The molecular weight excluding hydrogens is 323 g/mol. The third-order valence-electron chi connectivity index (χ3n) is 4.12. The van der Waals surface area contributed by atoms with Crippen molar-refractivity contribution in [1.29, 1.82) is 0 Å². The molecule has 2 aliphatic rings. The predicted molar refractivity (Wildman–Crippen MR) is 86.9 cm³/mol. The maximum absolute atomic E-state index is 12.3. The van der Waals surface area contributed by atoms with Crippen LogP contribution in [0.25, 0.3) is 5.57 Å². The van der Waals surface area contributed by atoms with E-state index in [1.165, 1.54) is 16.7 Å². The number of amides is 3. The van der Waals surface area contributed by atoms with Crippen LogP contribution in [0.2, 0.25) is 5.02 Å². The SMILES string of the molecule is O=C(CCl)NC(=O)N1CCCC2=C1CCc1cc(Cl)ccc12. The summed E-state index contributed by atoms with van der Waals surface area (Å²) in [5, 5.41) is 3.06. The lowest BCUT2D eigenvalue weighted by molar-refractivity contribution is -0.117. The number of imide groups is 1. The Bertz CT molecular complexity index is 670. The Morgan fingerprint density at radius 3 is 2.82 bits per heavy atom. The van der Waals surface area contributed by atoms with Crippen molar-refractivity contribution in [2.45, 2.75) is 25.7 Å². The normalized spacial score (nSPS) is 16.9. The van der Waals surface area contributed by atoms with Gasteiger partial charge in [-0.3, -0.25) is 15.0 Å². The third kappa shape index (κ3) is 2.85. The Morgan fingerprint density at radius 1 is 1.23 bits per heavy atom. The summed E-state index contributed by atoms with van der Waals surface area (Å²) < 4.78 is 0. The summed E-state index contributed by atoms with van der Waals surface area (Å²) >= 11 is 11.5. The van der Waals surface area contributed by atoms with Gasteiger partial charge in [0.25, 0.3) is 0 Å². The average Bonchev–Trinajstić information content (AvgIpc) is 2.53. The molecule has 1 aliphatic heterocycles. The van der Waals surface area contributed by atoms with Crippen molar-refractivity contribution in [3.8, 4) is 0 Å². The first-order chi connectivity index (χ1) is 10.6. The van der Waals surface area contributed by atoms with E-state index in [9.17, 15) is 9.59 Å². The van der Waals surface area contributed by atoms with Crippen LogP contribution in [0.5, 0.6) is 0 Å².